The maximum Gasteiger partial charge on any atom is 0.327 e. The van der Waals surface area contributed by atoms with E-state index in [4.69, 9.17) is 9.84 Å². The summed E-state index contributed by atoms with van der Waals surface area (Å²) in [5.41, 5.74) is 0. The van der Waals surface area contributed by atoms with Crippen LogP contribution < -0.4 is 10.6 Å². The molecular formula is C22H34N2O5. The lowest BCUT2D eigenvalue weighted by Crippen LogP contribution is -2.42. The fraction of sp³-hybridized carbons (Fsp3) is 0.682. The molecule has 4 atom stereocenters. The molecular weight excluding hydrogens is 372 g/mol. The summed E-state index contributed by atoms with van der Waals surface area (Å²) in [6, 6.07) is 0. The number of nitrogens with one attached hydrogen (secondary N) is 2. The van der Waals surface area contributed by atoms with E-state index in [0.29, 0.717) is 25.3 Å². The largest absolute Gasteiger partial charge is 0.478 e. The van der Waals surface area contributed by atoms with Crippen molar-refractivity contribution >= 4 is 17.8 Å². The van der Waals surface area contributed by atoms with Gasteiger partial charge in [-0.05, 0) is 38.0 Å². The van der Waals surface area contributed by atoms with E-state index in [1.165, 1.54) is 0 Å². The number of aliphatic carboxylic acids is 1. The molecule has 0 aromatic carbocycles. The number of ether oxygens (including phenoxy) is 1. The van der Waals surface area contributed by atoms with E-state index in [2.05, 4.69) is 23.6 Å². The predicted octanol–water partition coefficient (Wildman–Crippen LogP) is 2.57. The van der Waals surface area contributed by atoms with Gasteiger partial charge in [0.2, 0.25) is 11.8 Å². The predicted molar refractivity (Wildman–Crippen MR) is 110 cm³/mol. The number of allylic oxidation sites excluding steroid dienone is 3. The lowest BCUT2D eigenvalue weighted by Gasteiger charge is -2.27. The Kier molecular flexibility index (Phi) is 9.91. The van der Waals surface area contributed by atoms with Gasteiger partial charge in [-0.1, -0.05) is 38.0 Å². The molecule has 2 heterocycles. The van der Waals surface area contributed by atoms with Crippen LogP contribution in [-0.2, 0) is 19.1 Å². The molecule has 29 heavy (non-hydrogen) atoms. The number of carbonyl (C=O) groups excluding carboxylic acids is 2. The highest BCUT2D eigenvalue weighted by atomic mass is 16.5. The highest BCUT2D eigenvalue weighted by Gasteiger charge is 2.47. The number of carboxylic acid groups (broad SMARTS) is 1. The maximum atomic E-state index is 12.1. The summed E-state index contributed by atoms with van der Waals surface area (Å²) in [7, 11) is 0. The Labute approximate surface area is 173 Å². The van der Waals surface area contributed by atoms with Crippen molar-refractivity contribution in [2.75, 3.05) is 13.1 Å². The molecule has 2 aliphatic heterocycles. The lowest BCUT2D eigenvalue weighted by atomic mass is 9.77. The van der Waals surface area contributed by atoms with Crippen LogP contribution in [0.1, 0.15) is 58.3 Å². The number of amides is 2. The third-order valence-corrected chi connectivity index (χ3v) is 5.69. The van der Waals surface area contributed by atoms with Gasteiger partial charge >= 0.3 is 5.97 Å². The van der Waals surface area contributed by atoms with Crippen LogP contribution in [0.5, 0.6) is 0 Å². The van der Waals surface area contributed by atoms with Crippen LogP contribution in [0, 0.1) is 11.8 Å². The smallest absolute Gasteiger partial charge is 0.327 e. The number of hydrogen-bond donors (Lipinski definition) is 3. The van der Waals surface area contributed by atoms with Gasteiger partial charge in [0.15, 0.2) is 0 Å². The van der Waals surface area contributed by atoms with Crippen molar-refractivity contribution in [2.24, 2.45) is 11.8 Å². The van der Waals surface area contributed by atoms with Crippen LogP contribution in [0.2, 0.25) is 0 Å². The quantitative estimate of drug-likeness (QED) is 0.248. The minimum absolute atomic E-state index is 0.0209. The van der Waals surface area contributed by atoms with Crippen LogP contribution in [0.15, 0.2) is 24.3 Å². The van der Waals surface area contributed by atoms with Crippen LogP contribution >= 0.6 is 0 Å². The summed E-state index contributed by atoms with van der Waals surface area (Å²) in [5.74, 6) is -0.538. The maximum absolute atomic E-state index is 12.1. The van der Waals surface area contributed by atoms with Crippen molar-refractivity contribution in [1.82, 2.24) is 10.6 Å². The number of carbonyl (C=O) groups is 3. The van der Waals surface area contributed by atoms with E-state index in [0.717, 1.165) is 44.6 Å². The highest BCUT2D eigenvalue weighted by molar-refractivity contribution is 5.84. The minimum Gasteiger partial charge on any atom is -0.478 e. The molecule has 0 aliphatic carbocycles. The number of fused-ring (bicyclic) bond motifs is 2. The highest BCUT2D eigenvalue weighted by Crippen LogP contribution is 2.44. The second kappa shape index (κ2) is 12.4. The van der Waals surface area contributed by atoms with Crippen LogP contribution in [0.3, 0.4) is 0 Å². The number of rotatable bonds is 13. The topological polar surface area (TPSA) is 105 Å². The zero-order valence-corrected chi connectivity index (χ0v) is 17.3. The van der Waals surface area contributed by atoms with Gasteiger partial charge < -0.3 is 20.5 Å². The summed E-state index contributed by atoms with van der Waals surface area (Å²) in [6.07, 6.45) is 14.2. The standard InChI is InChI=1S/C22H34N2O5/c1-2-3-6-10-20(25)24-15-21(26)23-14-17-16(18-12-13-19(17)29-18)9-7-4-5-8-11-22(27)28/h4,7-8,11,16-19H,2-3,5-6,9-10,12-15H2,1H3,(H,23,26)(H,24,25)(H,27,28)/t16-,17+,18-,19+/m1/s1. The second-order valence-electron chi connectivity index (χ2n) is 7.84. The lowest BCUT2D eigenvalue weighted by molar-refractivity contribution is -0.131. The molecule has 0 radical (unpaired) electrons. The Morgan fingerprint density at radius 2 is 1.76 bits per heavy atom. The monoisotopic (exact) mass is 406 g/mol. The van der Waals surface area contributed by atoms with Crippen molar-refractivity contribution in [3.05, 3.63) is 24.3 Å². The van der Waals surface area contributed by atoms with Crippen molar-refractivity contribution < 1.29 is 24.2 Å². The van der Waals surface area contributed by atoms with Gasteiger partial charge in [-0.3, -0.25) is 9.59 Å². The van der Waals surface area contributed by atoms with Gasteiger partial charge in [0.25, 0.3) is 0 Å². The SMILES string of the molecule is CCCCCC(=O)NCC(=O)NC[C@H]1[C@@H](CC=CCC=CC(=O)O)[C@H]2CC[C@@H]1O2. The molecule has 2 saturated heterocycles. The molecule has 2 aliphatic rings. The summed E-state index contributed by atoms with van der Waals surface area (Å²) >= 11 is 0. The molecule has 162 valence electrons. The summed E-state index contributed by atoms with van der Waals surface area (Å²) < 4.78 is 6.05. The summed E-state index contributed by atoms with van der Waals surface area (Å²) in [6.45, 7) is 2.67. The van der Waals surface area contributed by atoms with Gasteiger partial charge in [-0.15, -0.1) is 0 Å². The van der Waals surface area contributed by atoms with Gasteiger partial charge in [-0.25, -0.2) is 4.79 Å². The molecule has 2 bridgehead atoms. The Morgan fingerprint density at radius 3 is 2.48 bits per heavy atom. The zero-order chi connectivity index (χ0) is 21.1. The van der Waals surface area contributed by atoms with Gasteiger partial charge in [0, 0.05) is 25.0 Å². The number of carboxylic acids is 1. The molecule has 7 nitrogen and oxygen atoms in total. The zero-order valence-electron chi connectivity index (χ0n) is 17.3. The van der Waals surface area contributed by atoms with Crippen LogP contribution in [0.25, 0.3) is 0 Å². The molecule has 2 amide bonds. The molecule has 0 spiro atoms. The fourth-order valence-corrected chi connectivity index (χ4v) is 4.17. The van der Waals surface area contributed by atoms with E-state index in [9.17, 15) is 14.4 Å². The van der Waals surface area contributed by atoms with Crippen LogP contribution in [-0.4, -0.2) is 48.2 Å². The summed E-state index contributed by atoms with van der Waals surface area (Å²) in [5, 5.41) is 14.2. The van der Waals surface area contributed by atoms with Crippen molar-refractivity contribution in [3.63, 3.8) is 0 Å². The average molecular weight is 407 g/mol. The second-order valence-corrected chi connectivity index (χ2v) is 7.84. The normalized spacial score (nSPS) is 25.7. The minimum atomic E-state index is -0.937. The Bertz CT molecular complexity index is 616. The van der Waals surface area contributed by atoms with E-state index < -0.39 is 5.97 Å². The first-order chi connectivity index (χ1) is 14.0. The van der Waals surface area contributed by atoms with E-state index in [1.807, 2.05) is 6.08 Å². The molecule has 0 aromatic heterocycles. The average Bonchev–Trinajstić information content (AvgIpc) is 3.29. The fourth-order valence-electron chi connectivity index (χ4n) is 4.17. The number of unbranched alkanes of at least 4 members (excludes halogenated alkanes) is 2. The molecule has 3 N–H and O–H groups in total. The first kappa shape index (κ1) is 23.1. The van der Waals surface area contributed by atoms with Crippen molar-refractivity contribution in [2.45, 2.75) is 70.5 Å². The third kappa shape index (κ3) is 8.01. The Balaban J connectivity index is 1.70. The van der Waals surface area contributed by atoms with E-state index >= 15 is 0 Å². The van der Waals surface area contributed by atoms with Crippen molar-refractivity contribution in [1.29, 1.82) is 0 Å². The first-order valence-corrected chi connectivity index (χ1v) is 10.7. The van der Waals surface area contributed by atoms with Crippen molar-refractivity contribution in [3.8, 4) is 0 Å². The molecule has 7 heteroatoms. The van der Waals surface area contributed by atoms with Crippen LogP contribution in [0.4, 0.5) is 0 Å². The summed E-state index contributed by atoms with van der Waals surface area (Å²) in [4.78, 5) is 34.3. The van der Waals surface area contributed by atoms with E-state index in [-0.39, 0.29) is 36.5 Å². The first-order valence-electron chi connectivity index (χ1n) is 10.7. The Hall–Kier alpha value is -2.15. The third-order valence-electron chi connectivity index (χ3n) is 5.69. The van der Waals surface area contributed by atoms with Gasteiger partial charge in [0.1, 0.15) is 0 Å². The molecule has 2 rings (SSSR count). The Morgan fingerprint density at radius 1 is 1.00 bits per heavy atom. The van der Waals surface area contributed by atoms with Gasteiger partial charge in [0.05, 0.1) is 18.8 Å². The molecule has 2 fully saturated rings. The van der Waals surface area contributed by atoms with Gasteiger partial charge in [-0.2, -0.15) is 0 Å². The number of hydrogen-bond acceptors (Lipinski definition) is 4. The molecule has 0 saturated carbocycles. The van der Waals surface area contributed by atoms with E-state index in [1.54, 1.807) is 6.08 Å². The molecule has 0 unspecified atom stereocenters. The molecule has 0 aromatic rings.